The zero-order chi connectivity index (χ0) is 20.8. The maximum atomic E-state index is 10.8. The van der Waals surface area contributed by atoms with Crippen molar-refractivity contribution in [1.82, 2.24) is 4.90 Å². The summed E-state index contributed by atoms with van der Waals surface area (Å²) in [4.78, 5) is 13.0. The largest absolute Gasteiger partial charge is 0.490 e. The van der Waals surface area contributed by atoms with Gasteiger partial charge in [-0.2, -0.15) is 5.26 Å². The van der Waals surface area contributed by atoms with E-state index in [4.69, 9.17) is 14.6 Å². The number of benzene rings is 2. The van der Waals surface area contributed by atoms with Gasteiger partial charge in [-0.25, -0.2) is 0 Å². The van der Waals surface area contributed by atoms with Crippen LogP contribution in [0.4, 0.5) is 0 Å². The van der Waals surface area contributed by atoms with Gasteiger partial charge in [0.05, 0.1) is 18.1 Å². The molecule has 0 atom stereocenters. The monoisotopic (exact) mass is 394 g/mol. The SMILES string of the molecule is CC(C)Oc1ccc(COc2cccc3c2CCN(CCC(=O)O)C3)cc1C#N. The third-order valence-electron chi connectivity index (χ3n) is 4.87. The summed E-state index contributed by atoms with van der Waals surface area (Å²) in [6, 6.07) is 13.7. The van der Waals surface area contributed by atoms with E-state index in [-0.39, 0.29) is 12.5 Å². The molecule has 2 aromatic carbocycles. The van der Waals surface area contributed by atoms with Crippen molar-refractivity contribution in [3.05, 3.63) is 58.7 Å². The molecule has 0 unspecified atom stereocenters. The van der Waals surface area contributed by atoms with Gasteiger partial charge >= 0.3 is 5.97 Å². The summed E-state index contributed by atoms with van der Waals surface area (Å²) >= 11 is 0. The Labute approximate surface area is 171 Å². The van der Waals surface area contributed by atoms with Gasteiger partial charge in [-0.1, -0.05) is 18.2 Å². The quantitative estimate of drug-likeness (QED) is 0.734. The van der Waals surface area contributed by atoms with Crippen molar-refractivity contribution in [3.8, 4) is 17.6 Å². The molecule has 0 fully saturated rings. The standard InChI is InChI=1S/C23H26N2O4/c1-16(2)29-21-7-6-17(12-19(21)13-24)15-28-22-5-3-4-18-14-25(10-8-20(18)22)11-9-23(26)27/h3-7,12,16H,8-11,14-15H2,1-2H3,(H,26,27). The molecule has 0 amide bonds. The molecular formula is C23H26N2O4. The first-order valence-electron chi connectivity index (χ1n) is 9.83. The van der Waals surface area contributed by atoms with Gasteiger partial charge in [0.15, 0.2) is 0 Å². The van der Waals surface area contributed by atoms with Crippen LogP contribution in [0.25, 0.3) is 0 Å². The summed E-state index contributed by atoms with van der Waals surface area (Å²) in [7, 11) is 0. The second-order valence-electron chi connectivity index (χ2n) is 7.46. The van der Waals surface area contributed by atoms with Gasteiger partial charge in [-0.05, 0) is 55.2 Å². The number of nitrogens with zero attached hydrogens (tertiary/aromatic N) is 2. The van der Waals surface area contributed by atoms with Gasteiger partial charge < -0.3 is 14.6 Å². The average Bonchev–Trinajstić information content (AvgIpc) is 2.70. The minimum atomic E-state index is -0.769. The predicted octanol–water partition coefficient (Wildman–Crippen LogP) is 3.76. The number of carboxylic acids is 1. The Morgan fingerprint density at radius 3 is 2.83 bits per heavy atom. The Morgan fingerprint density at radius 2 is 2.10 bits per heavy atom. The molecule has 0 saturated heterocycles. The topological polar surface area (TPSA) is 82.8 Å². The number of nitriles is 1. The number of hydrogen-bond donors (Lipinski definition) is 1. The van der Waals surface area contributed by atoms with Crippen molar-refractivity contribution < 1.29 is 19.4 Å². The number of hydrogen-bond acceptors (Lipinski definition) is 5. The summed E-state index contributed by atoms with van der Waals surface area (Å²) in [5.41, 5.74) is 3.77. The van der Waals surface area contributed by atoms with Gasteiger partial charge in [0, 0.05) is 19.6 Å². The fourth-order valence-electron chi connectivity index (χ4n) is 3.48. The van der Waals surface area contributed by atoms with Crippen LogP contribution in [0.15, 0.2) is 36.4 Å². The minimum Gasteiger partial charge on any atom is -0.490 e. The van der Waals surface area contributed by atoms with Crippen molar-refractivity contribution >= 4 is 5.97 Å². The molecule has 0 aliphatic carbocycles. The highest BCUT2D eigenvalue weighted by atomic mass is 16.5. The van der Waals surface area contributed by atoms with Crippen LogP contribution < -0.4 is 9.47 Å². The Balaban J connectivity index is 1.67. The van der Waals surface area contributed by atoms with E-state index >= 15 is 0 Å². The average molecular weight is 394 g/mol. The van der Waals surface area contributed by atoms with Crippen molar-refractivity contribution in [2.24, 2.45) is 0 Å². The smallest absolute Gasteiger partial charge is 0.304 e. The van der Waals surface area contributed by atoms with E-state index in [0.717, 1.165) is 30.8 Å². The fourth-order valence-corrected chi connectivity index (χ4v) is 3.48. The molecule has 1 heterocycles. The van der Waals surface area contributed by atoms with Crippen molar-refractivity contribution in [2.45, 2.75) is 45.9 Å². The van der Waals surface area contributed by atoms with E-state index in [1.807, 2.05) is 38.1 Å². The molecule has 0 spiro atoms. The van der Waals surface area contributed by atoms with E-state index in [1.54, 1.807) is 6.07 Å². The lowest BCUT2D eigenvalue weighted by atomic mass is 9.98. The summed E-state index contributed by atoms with van der Waals surface area (Å²) in [5, 5.41) is 18.3. The van der Waals surface area contributed by atoms with E-state index in [9.17, 15) is 10.1 Å². The zero-order valence-electron chi connectivity index (χ0n) is 16.9. The Bertz CT molecular complexity index is 918. The molecule has 0 bridgehead atoms. The first-order valence-corrected chi connectivity index (χ1v) is 9.83. The number of ether oxygens (including phenoxy) is 2. The lowest BCUT2D eigenvalue weighted by molar-refractivity contribution is -0.137. The van der Waals surface area contributed by atoms with Crippen LogP contribution in [-0.4, -0.2) is 35.2 Å². The van der Waals surface area contributed by atoms with Crippen molar-refractivity contribution in [1.29, 1.82) is 5.26 Å². The molecular weight excluding hydrogens is 368 g/mol. The third kappa shape index (κ3) is 5.49. The molecule has 0 saturated carbocycles. The third-order valence-corrected chi connectivity index (χ3v) is 4.87. The first-order chi connectivity index (χ1) is 14.0. The zero-order valence-corrected chi connectivity index (χ0v) is 16.9. The van der Waals surface area contributed by atoms with Crippen LogP contribution in [-0.2, 0) is 24.4 Å². The van der Waals surface area contributed by atoms with Gasteiger partial charge in [-0.15, -0.1) is 0 Å². The van der Waals surface area contributed by atoms with Gasteiger partial charge in [0.25, 0.3) is 0 Å². The van der Waals surface area contributed by atoms with Gasteiger partial charge in [-0.3, -0.25) is 9.69 Å². The molecule has 0 aromatic heterocycles. The minimum absolute atomic E-state index is 0.00936. The second-order valence-corrected chi connectivity index (χ2v) is 7.46. The normalized spacial score (nSPS) is 13.6. The molecule has 1 aliphatic rings. The van der Waals surface area contributed by atoms with Gasteiger partial charge in [0.2, 0.25) is 0 Å². The number of fused-ring (bicyclic) bond motifs is 1. The number of rotatable bonds is 8. The van der Waals surface area contributed by atoms with Crippen molar-refractivity contribution in [2.75, 3.05) is 13.1 Å². The van der Waals surface area contributed by atoms with E-state index in [2.05, 4.69) is 17.0 Å². The van der Waals surface area contributed by atoms with Crippen LogP contribution in [0.1, 0.15) is 42.5 Å². The molecule has 3 rings (SSSR count). The molecule has 0 radical (unpaired) electrons. The maximum Gasteiger partial charge on any atom is 0.304 e. The Kier molecular flexibility index (Phi) is 6.73. The van der Waals surface area contributed by atoms with Gasteiger partial charge in [0.1, 0.15) is 24.2 Å². The van der Waals surface area contributed by atoms with E-state index in [1.165, 1.54) is 11.1 Å². The van der Waals surface area contributed by atoms with Crippen LogP contribution in [0.3, 0.4) is 0 Å². The summed E-state index contributed by atoms with van der Waals surface area (Å²) in [6.45, 7) is 6.34. The van der Waals surface area contributed by atoms with Crippen molar-refractivity contribution in [3.63, 3.8) is 0 Å². The number of aliphatic carboxylic acids is 1. The highest BCUT2D eigenvalue weighted by Gasteiger charge is 2.20. The maximum absolute atomic E-state index is 10.8. The lowest BCUT2D eigenvalue weighted by Gasteiger charge is -2.29. The summed E-state index contributed by atoms with van der Waals surface area (Å²) in [6.07, 6.45) is 0.994. The predicted molar refractivity (Wildman–Crippen MR) is 109 cm³/mol. The highest BCUT2D eigenvalue weighted by Crippen LogP contribution is 2.29. The second kappa shape index (κ2) is 9.44. The van der Waals surface area contributed by atoms with Crippen LogP contribution in [0.5, 0.6) is 11.5 Å². The van der Waals surface area contributed by atoms with Crippen LogP contribution in [0, 0.1) is 11.3 Å². The molecule has 6 heteroatoms. The Hall–Kier alpha value is -3.04. The molecule has 1 N–H and O–H groups in total. The number of carboxylic acid groups (broad SMARTS) is 1. The fraction of sp³-hybridized carbons (Fsp3) is 0.391. The molecule has 6 nitrogen and oxygen atoms in total. The Morgan fingerprint density at radius 1 is 1.28 bits per heavy atom. The molecule has 29 heavy (non-hydrogen) atoms. The lowest BCUT2D eigenvalue weighted by Crippen LogP contribution is -2.32. The highest BCUT2D eigenvalue weighted by molar-refractivity contribution is 5.66. The molecule has 1 aliphatic heterocycles. The summed E-state index contributed by atoms with van der Waals surface area (Å²) < 4.78 is 11.7. The molecule has 152 valence electrons. The van der Waals surface area contributed by atoms with Crippen LogP contribution >= 0.6 is 0 Å². The number of carbonyl (C=O) groups is 1. The first kappa shape index (κ1) is 20.7. The van der Waals surface area contributed by atoms with E-state index in [0.29, 0.717) is 24.5 Å². The van der Waals surface area contributed by atoms with Crippen LogP contribution in [0.2, 0.25) is 0 Å². The summed E-state index contributed by atoms with van der Waals surface area (Å²) in [5.74, 6) is 0.667. The molecule has 2 aromatic rings. The van der Waals surface area contributed by atoms with E-state index < -0.39 is 5.97 Å².